The fraction of sp³-hybridized carbons (Fsp3) is 0.958. The van der Waals surface area contributed by atoms with E-state index in [1.807, 2.05) is 0 Å². The van der Waals surface area contributed by atoms with Crippen molar-refractivity contribution in [2.45, 2.75) is 400 Å². The van der Waals surface area contributed by atoms with E-state index in [0.717, 1.165) is 83.5 Å². The minimum atomic E-state index is -1.97. The second-order valence-electron chi connectivity index (χ2n) is 27.8. The number of hydrogen-bond acceptors (Lipinski definition) is 25. The van der Waals surface area contributed by atoms with Crippen LogP contribution in [0, 0.1) is 0 Å². The summed E-state index contributed by atoms with van der Waals surface area (Å²) < 4.78 is 59.0. The Labute approximate surface area is 583 Å². The smallest absolute Gasteiger partial charge is 0.306 e. The molecule has 4 rings (SSSR count). The largest absolute Gasteiger partial charge is 0.462 e. The van der Waals surface area contributed by atoms with Gasteiger partial charge in [-0.3, -0.25) is 14.4 Å². The number of carbonyl (C=O) groups excluding carboxylic acids is 3. The third-order valence-corrected chi connectivity index (χ3v) is 19.4. The lowest BCUT2D eigenvalue weighted by atomic mass is 9.95. The molecule has 26 heteroatoms. The molecular weight excluding hydrogens is 1280 g/mol. The van der Waals surface area contributed by atoms with Crippen molar-refractivity contribution in [2.24, 2.45) is 0 Å². The second-order valence-corrected chi connectivity index (χ2v) is 27.8. The van der Waals surface area contributed by atoms with E-state index >= 15 is 0 Å². The number of unbranched alkanes of at least 4 members (excludes halogenated alkanes) is 33. The number of ether oxygens (including phenoxy) is 10. The minimum absolute atomic E-state index is 0.00347. The Morgan fingerprint density at radius 1 is 0.347 bits per heavy atom. The third-order valence-electron chi connectivity index (χ3n) is 19.4. The molecule has 0 bridgehead atoms. The van der Waals surface area contributed by atoms with Gasteiger partial charge in [-0.1, -0.05) is 233 Å². The van der Waals surface area contributed by atoms with Crippen molar-refractivity contribution in [3.05, 3.63) is 0 Å². The van der Waals surface area contributed by atoms with Crippen molar-refractivity contribution in [1.29, 1.82) is 0 Å². The van der Waals surface area contributed by atoms with E-state index in [-0.39, 0.29) is 19.3 Å². The van der Waals surface area contributed by atoms with E-state index in [1.165, 1.54) is 128 Å². The van der Waals surface area contributed by atoms with E-state index < -0.39 is 186 Å². The molecule has 0 spiro atoms. The lowest BCUT2D eigenvalue weighted by Crippen LogP contribution is -2.68. The first-order valence-corrected chi connectivity index (χ1v) is 38.2. The van der Waals surface area contributed by atoms with Crippen molar-refractivity contribution in [1.82, 2.24) is 5.32 Å². The molecule has 0 radical (unpaired) electrons. The number of esters is 2. The number of rotatable bonds is 56. The van der Waals surface area contributed by atoms with Crippen LogP contribution in [0.5, 0.6) is 0 Å². The summed E-state index contributed by atoms with van der Waals surface area (Å²) >= 11 is 0. The summed E-state index contributed by atoms with van der Waals surface area (Å²) in [4.78, 5) is 40.5. The van der Waals surface area contributed by atoms with Gasteiger partial charge < -0.3 is 114 Å². The van der Waals surface area contributed by atoms with Crippen molar-refractivity contribution in [3.63, 3.8) is 0 Å². The van der Waals surface area contributed by atoms with E-state index in [0.29, 0.717) is 19.3 Å². The Morgan fingerprint density at radius 3 is 1.10 bits per heavy atom. The van der Waals surface area contributed by atoms with Crippen LogP contribution in [0.15, 0.2) is 0 Å². The second kappa shape index (κ2) is 52.5. The number of amides is 1. The van der Waals surface area contributed by atoms with E-state index in [2.05, 4.69) is 26.1 Å². The van der Waals surface area contributed by atoms with Gasteiger partial charge in [-0.2, -0.15) is 0 Å². The Bertz CT molecular complexity index is 2020. The van der Waals surface area contributed by atoms with Crippen LogP contribution in [0.1, 0.15) is 271 Å². The van der Waals surface area contributed by atoms with Crippen LogP contribution >= 0.6 is 0 Å². The molecule has 26 nitrogen and oxygen atoms in total. The lowest BCUT2D eigenvalue weighted by molar-refractivity contribution is -0.363. The Kier molecular flexibility index (Phi) is 47.2. The lowest BCUT2D eigenvalue weighted by Gasteiger charge is -2.47. The molecule has 0 saturated carbocycles. The molecule has 4 fully saturated rings. The Hall–Kier alpha value is -2.39. The van der Waals surface area contributed by atoms with Crippen LogP contribution in [0.25, 0.3) is 0 Å². The van der Waals surface area contributed by atoms with Crippen LogP contribution in [0.3, 0.4) is 0 Å². The maximum absolute atomic E-state index is 13.8. The standard InChI is InChI=1S/C72H133NO25/c1-4-7-10-13-16-19-22-25-28-31-34-37-40-54(76)73-57-62(83)60(81)52(47-92-71-67(88)64(85)61(82)53(97-71)48-91-70-66(87)63(84)58(79)50(43-74)94-70)96-69(57)98-68-65(86)59(80)51(44-75)95-72(68)90-46-49(93-56(78)42-39-36-33-30-27-24-21-18-15-12-9-6-3)45-89-55(77)41-38-35-32-29-26-23-20-17-14-11-8-5-2/h49-53,57-72,74-75,79-88H,4-48H2,1-3H3,(H,73,76)/t49-,50-,51-,52-,53-,57-,58+,59-,60+,61+,62-,63+,64+,65+,66-,67-,68-,69+,70+,71-,72+/m1/s1. The van der Waals surface area contributed by atoms with Gasteiger partial charge in [0, 0.05) is 19.3 Å². The predicted octanol–water partition coefficient (Wildman–Crippen LogP) is 6.13. The molecule has 576 valence electrons. The van der Waals surface area contributed by atoms with Crippen LogP contribution in [-0.2, 0) is 61.8 Å². The quantitative estimate of drug-likeness (QED) is 0.0241. The Morgan fingerprint density at radius 2 is 0.684 bits per heavy atom. The molecule has 0 unspecified atom stereocenters. The number of aliphatic hydroxyl groups is 12. The van der Waals surface area contributed by atoms with Crippen molar-refractivity contribution in [3.8, 4) is 0 Å². The van der Waals surface area contributed by atoms with Gasteiger partial charge in [0.25, 0.3) is 0 Å². The summed E-state index contributed by atoms with van der Waals surface area (Å²) in [6, 6.07) is -1.61. The average Bonchev–Trinajstić information content (AvgIpc) is 0.804. The summed E-state index contributed by atoms with van der Waals surface area (Å²) in [5, 5.41) is 133. The summed E-state index contributed by atoms with van der Waals surface area (Å²) in [6.07, 6.45) is 4.62. The van der Waals surface area contributed by atoms with Crippen LogP contribution in [-0.4, -0.2) is 248 Å². The zero-order valence-electron chi connectivity index (χ0n) is 59.6. The average molecular weight is 1410 g/mol. The molecule has 0 aromatic carbocycles. The summed E-state index contributed by atoms with van der Waals surface area (Å²) in [7, 11) is 0. The molecule has 21 atom stereocenters. The zero-order valence-corrected chi connectivity index (χ0v) is 59.6. The van der Waals surface area contributed by atoms with Crippen LogP contribution < -0.4 is 5.32 Å². The highest BCUT2D eigenvalue weighted by Gasteiger charge is 2.53. The minimum Gasteiger partial charge on any atom is -0.462 e. The number of hydrogen-bond donors (Lipinski definition) is 13. The molecule has 4 saturated heterocycles. The molecular formula is C72H133NO25. The number of aliphatic hydroxyl groups excluding tert-OH is 12. The van der Waals surface area contributed by atoms with Gasteiger partial charge in [0.2, 0.25) is 5.91 Å². The van der Waals surface area contributed by atoms with Crippen molar-refractivity contribution < 1.29 is 123 Å². The van der Waals surface area contributed by atoms with E-state index in [4.69, 9.17) is 47.4 Å². The van der Waals surface area contributed by atoms with Crippen molar-refractivity contribution in [2.75, 3.05) is 39.6 Å². The SMILES string of the molecule is CCCCCCCCCCCCCCC(=O)N[C@H]1[C@H](O[C@H]2[C@@H](OC[C@@H](COC(=O)CCCCCCCCCCCCCC)OC(=O)CCCCCCCCCCCCCC)O[C@H](CO)[C@@H](O)[C@@H]2O)O[C@H](CO[C@@H]2O[C@H](CO[C@H]3O[C@H](CO)[C@H](O)[C@H](O)[C@H]3O)[C@H](O)[C@H](O)[C@H]2O)[C@H](O)[C@@H]1O. The number of carbonyl (C=O) groups is 3. The predicted molar refractivity (Wildman–Crippen MR) is 361 cm³/mol. The molecule has 4 aliphatic heterocycles. The van der Waals surface area contributed by atoms with Crippen LogP contribution in [0.2, 0.25) is 0 Å². The summed E-state index contributed by atoms with van der Waals surface area (Å²) in [5.41, 5.74) is 0. The normalized spacial score (nSPS) is 30.9. The van der Waals surface area contributed by atoms with Gasteiger partial charge in [-0.05, 0) is 19.3 Å². The zero-order chi connectivity index (χ0) is 71.5. The maximum Gasteiger partial charge on any atom is 0.306 e. The summed E-state index contributed by atoms with van der Waals surface area (Å²) in [6.45, 7) is 2.64. The highest BCUT2D eigenvalue weighted by Crippen LogP contribution is 2.33. The van der Waals surface area contributed by atoms with Gasteiger partial charge in [0.15, 0.2) is 31.3 Å². The van der Waals surface area contributed by atoms with Gasteiger partial charge in [-0.15, -0.1) is 0 Å². The first-order chi connectivity index (χ1) is 47.4. The molecule has 98 heavy (non-hydrogen) atoms. The Balaban J connectivity index is 1.49. The highest BCUT2D eigenvalue weighted by atomic mass is 16.8. The number of nitrogens with one attached hydrogen (secondary N) is 1. The molecule has 13 N–H and O–H groups in total. The first kappa shape index (κ1) is 88.0. The topological polar surface area (TPSA) is 398 Å². The van der Waals surface area contributed by atoms with Gasteiger partial charge in [0.1, 0.15) is 104 Å². The molecule has 0 aromatic heterocycles. The van der Waals surface area contributed by atoms with E-state index in [1.54, 1.807) is 0 Å². The van der Waals surface area contributed by atoms with Crippen LogP contribution in [0.4, 0.5) is 0 Å². The van der Waals surface area contributed by atoms with Gasteiger partial charge in [-0.25, -0.2) is 0 Å². The molecule has 0 aliphatic carbocycles. The van der Waals surface area contributed by atoms with Crippen molar-refractivity contribution >= 4 is 17.8 Å². The fourth-order valence-corrected chi connectivity index (χ4v) is 13.0. The molecule has 4 heterocycles. The monoisotopic (exact) mass is 1410 g/mol. The van der Waals surface area contributed by atoms with E-state index in [9.17, 15) is 75.7 Å². The fourth-order valence-electron chi connectivity index (χ4n) is 13.0. The highest BCUT2D eigenvalue weighted by molar-refractivity contribution is 5.76. The summed E-state index contributed by atoms with van der Waals surface area (Å²) in [5.74, 6) is -1.64. The first-order valence-electron chi connectivity index (χ1n) is 38.2. The molecule has 4 aliphatic rings. The van der Waals surface area contributed by atoms with Gasteiger partial charge in [0.05, 0.1) is 33.0 Å². The van der Waals surface area contributed by atoms with Gasteiger partial charge >= 0.3 is 11.9 Å². The maximum atomic E-state index is 13.8. The molecule has 0 aromatic rings. The molecule has 1 amide bonds. The third kappa shape index (κ3) is 33.2.